The molecule has 2 rings (SSSR count). The molecule has 0 radical (unpaired) electrons. The van der Waals surface area contributed by atoms with Crippen molar-refractivity contribution in [3.05, 3.63) is 29.8 Å². The van der Waals surface area contributed by atoms with E-state index >= 15 is 0 Å². The van der Waals surface area contributed by atoms with Crippen molar-refractivity contribution in [1.82, 2.24) is 0 Å². The molecule has 1 aromatic rings. The molecule has 1 N–H and O–H groups in total. The second kappa shape index (κ2) is 5.61. The third-order valence-corrected chi connectivity index (χ3v) is 3.55. The summed E-state index contributed by atoms with van der Waals surface area (Å²) in [5.41, 5.74) is 1.47. The van der Waals surface area contributed by atoms with E-state index in [4.69, 9.17) is 9.47 Å². The predicted octanol–water partition coefficient (Wildman–Crippen LogP) is 2.52. The maximum atomic E-state index is 12.2. The Morgan fingerprint density at radius 2 is 2.21 bits per heavy atom. The average molecular weight is 263 g/mol. The Morgan fingerprint density at radius 3 is 2.79 bits per heavy atom. The molecule has 4 nitrogen and oxygen atoms in total. The fourth-order valence-electron chi connectivity index (χ4n) is 2.47. The molecule has 4 heteroatoms. The Balaban J connectivity index is 2.13. The quantitative estimate of drug-likeness (QED) is 0.829. The lowest BCUT2D eigenvalue weighted by molar-refractivity contribution is -0.157. The molecule has 0 aliphatic heterocycles. The molecule has 0 aromatic heterocycles. The fourth-order valence-corrected chi connectivity index (χ4v) is 2.47. The Hall–Kier alpha value is -1.55. The van der Waals surface area contributed by atoms with Crippen LogP contribution in [0.2, 0.25) is 0 Å². The summed E-state index contributed by atoms with van der Waals surface area (Å²) in [6.07, 6.45) is 1.42. The van der Waals surface area contributed by atoms with Crippen LogP contribution in [0.5, 0.6) is 0 Å². The van der Waals surface area contributed by atoms with Gasteiger partial charge in [-0.1, -0.05) is 12.1 Å². The number of ether oxygens (including phenoxy) is 2. The molecule has 1 aromatic carbocycles. The number of benzene rings is 1. The summed E-state index contributed by atoms with van der Waals surface area (Å²) in [5, 5.41) is 3.33. The molecule has 0 heterocycles. The minimum atomic E-state index is -0.634. The number of carbonyl (C=O) groups is 1. The molecule has 1 aliphatic carbocycles. The summed E-state index contributed by atoms with van der Waals surface area (Å²) in [4.78, 5) is 12.2. The van der Waals surface area contributed by atoms with Crippen molar-refractivity contribution >= 4 is 11.7 Å². The smallest absolute Gasteiger partial charge is 0.331 e. The van der Waals surface area contributed by atoms with Gasteiger partial charge in [0.05, 0.1) is 12.7 Å². The topological polar surface area (TPSA) is 47.6 Å². The molecular formula is C15H21NO3. The highest BCUT2D eigenvalue weighted by atomic mass is 16.5. The summed E-state index contributed by atoms with van der Waals surface area (Å²) in [6.45, 7) is 4.25. The van der Waals surface area contributed by atoms with Gasteiger partial charge in [-0.05, 0) is 31.5 Å². The van der Waals surface area contributed by atoms with Gasteiger partial charge in [-0.3, -0.25) is 0 Å². The van der Waals surface area contributed by atoms with Crippen LogP contribution in [0.1, 0.15) is 25.3 Å². The van der Waals surface area contributed by atoms with Crippen molar-refractivity contribution < 1.29 is 14.3 Å². The summed E-state index contributed by atoms with van der Waals surface area (Å²) in [7, 11) is 1.67. The molecular weight excluding hydrogens is 242 g/mol. The third kappa shape index (κ3) is 2.89. The van der Waals surface area contributed by atoms with Gasteiger partial charge < -0.3 is 14.8 Å². The monoisotopic (exact) mass is 263 g/mol. The first-order valence-electron chi connectivity index (χ1n) is 6.64. The maximum Gasteiger partial charge on any atom is 0.331 e. The summed E-state index contributed by atoms with van der Waals surface area (Å²) < 4.78 is 10.5. The number of nitrogens with one attached hydrogen (secondary N) is 1. The number of hydrogen-bond donors (Lipinski definition) is 1. The third-order valence-electron chi connectivity index (χ3n) is 3.55. The molecule has 1 saturated carbocycles. The highest BCUT2D eigenvalue weighted by Crippen LogP contribution is 2.38. The van der Waals surface area contributed by atoms with Crippen molar-refractivity contribution in [2.24, 2.45) is 0 Å². The largest absolute Gasteiger partial charge is 0.464 e. The lowest BCUT2D eigenvalue weighted by atomic mass is 9.74. The number of methoxy groups -OCH3 is 1. The van der Waals surface area contributed by atoms with Gasteiger partial charge in [-0.2, -0.15) is 0 Å². The Morgan fingerprint density at radius 1 is 1.47 bits per heavy atom. The van der Waals surface area contributed by atoms with Crippen molar-refractivity contribution in [3.63, 3.8) is 0 Å². The normalized spacial score (nSPS) is 25.5. The van der Waals surface area contributed by atoms with Crippen LogP contribution in [0.4, 0.5) is 5.69 Å². The van der Waals surface area contributed by atoms with Crippen LogP contribution < -0.4 is 5.32 Å². The minimum absolute atomic E-state index is 0.127. The zero-order valence-electron chi connectivity index (χ0n) is 11.7. The van der Waals surface area contributed by atoms with Crippen LogP contribution in [-0.4, -0.2) is 31.3 Å². The standard InChI is InChI=1S/C15H21NO3/c1-4-19-14(17)15(9-13(10-15)18-3)16-12-7-5-6-11(2)8-12/h5-8,13,16H,4,9-10H2,1-3H3. The van der Waals surface area contributed by atoms with Gasteiger partial charge in [0.1, 0.15) is 5.54 Å². The second-order valence-corrected chi connectivity index (χ2v) is 5.06. The number of carbonyl (C=O) groups excluding carboxylic acids is 1. The van der Waals surface area contributed by atoms with Gasteiger partial charge >= 0.3 is 5.97 Å². The van der Waals surface area contributed by atoms with Crippen LogP contribution in [0, 0.1) is 6.92 Å². The van der Waals surface area contributed by atoms with Crippen LogP contribution in [0.3, 0.4) is 0 Å². The maximum absolute atomic E-state index is 12.2. The number of anilines is 1. The van der Waals surface area contributed by atoms with E-state index < -0.39 is 5.54 Å². The fraction of sp³-hybridized carbons (Fsp3) is 0.533. The molecule has 19 heavy (non-hydrogen) atoms. The van der Waals surface area contributed by atoms with Gasteiger partial charge in [0.25, 0.3) is 0 Å². The first-order valence-corrected chi connectivity index (χ1v) is 6.64. The number of hydrogen-bond acceptors (Lipinski definition) is 4. The van der Waals surface area contributed by atoms with Crippen molar-refractivity contribution in [2.45, 2.75) is 38.3 Å². The number of aryl methyl sites for hydroxylation is 1. The van der Waals surface area contributed by atoms with E-state index in [2.05, 4.69) is 5.32 Å². The molecule has 0 unspecified atom stereocenters. The SMILES string of the molecule is CCOC(=O)C1(Nc2cccc(C)c2)CC(OC)C1. The molecule has 0 amide bonds. The van der Waals surface area contributed by atoms with Crippen LogP contribution in [0.15, 0.2) is 24.3 Å². The Kier molecular flexibility index (Phi) is 4.10. The summed E-state index contributed by atoms with van der Waals surface area (Å²) in [5.74, 6) is -0.190. The molecule has 1 fully saturated rings. The van der Waals surface area contributed by atoms with Gasteiger partial charge in [0.2, 0.25) is 0 Å². The number of rotatable bonds is 5. The van der Waals surface area contributed by atoms with E-state index in [0.29, 0.717) is 19.4 Å². The van der Waals surface area contributed by atoms with Gasteiger partial charge in [0, 0.05) is 25.6 Å². The van der Waals surface area contributed by atoms with Crippen LogP contribution >= 0.6 is 0 Å². The van der Waals surface area contributed by atoms with Crippen molar-refractivity contribution in [2.75, 3.05) is 19.0 Å². The minimum Gasteiger partial charge on any atom is -0.464 e. The average Bonchev–Trinajstić information content (AvgIpc) is 2.33. The Labute approximate surface area is 114 Å². The zero-order chi connectivity index (χ0) is 13.9. The van der Waals surface area contributed by atoms with Crippen LogP contribution in [-0.2, 0) is 14.3 Å². The molecule has 104 valence electrons. The van der Waals surface area contributed by atoms with E-state index in [1.807, 2.05) is 38.1 Å². The summed E-state index contributed by atoms with van der Waals surface area (Å²) >= 11 is 0. The lowest BCUT2D eigenvalue weighted by Crippen LogP contribution is -2.59. The van der Waals surface area contributed by atoms with Crippen molar-refractivity contribution in [1.29, 1.82) is 0 Å². The van der Waals surface area contributed by atoms with E-state index in [1.54, 1.807) is 7.11 Å². The summed E-state index contributed by atoms with van der Waals surface area (Å²) in [6, 6.07) is 8.00. The van der Waals surface area contributed by atoms with Gasteiger partial charge in [-0.25, -0.2) is 4.79 Å². The van der Waals surface area contributed by atoms with Crippen molar-refractivity contribution in [3.8, 4) is 0 Å². The molecule has 1 aliphatic rings. The van der Waals surface area contributed by atoms with E-state index in [-0.39, 0.29) is 12.1 Å². The van der Waals surface area contributed by atoms with E-state index in [0.717, 1.165) is 11.3 Å². The van der Waals surface area contributed by atoms with E-state index in [1.165, 1.54) is 0 Å². The first-order chi connectivity index (χ1) is 9.09. The number of esters is 1. The molecule has 0 saturated heterocycles. The highest BCUT2D eigenvalue weighted by molar-refractivity contribution is 5.86. The highest BCUT2D eigenvalue weighted by Gasteiger charge is 2.52. The van der Waals surface area contributed by atoms with Crippen LogP contribution in [0.25, 0.3) is 0 Å². The molecule has 0 atom stereocenters. The molecule has 0 spiro atoms. The van der Waals surface area contributed by atoms with E-state index in [9.17, 15) is 4.79 Å². The Bertz CT molecular complexity index is 452. The van der Waals surface area contributed by atoms with Gasteiger partial charge in [-0.15, -0.1) is 0 Å². The predicted molar refractivity (Wildman–Crippen MR) is 74.2 cm³/mol. The first kappa shape index (κ1) is 13.9. The second-order valence-electron chi connectivity index (χ2n) is 5.06. The molecule has 0 bridgehead atoms. The zero-order valence-corrected chi connectivity index (χ0v) is 11.7. The van der Waals surface area contributed by atoms with Gasteiger partial charge in [0.15, 0.2) is 0 Å². The lowest BCUT2D eigenvalue weighted by Gasteiger charge is -2.45.